The molecule has 1 unspecified atom stereocenters. The lowest BCUT2D eigenvalue weighted by atomic mass is 10.1. The second-order valence-corrected chi connectivity index (χ2v) is 13.0. The smallest absolute Gasteiger partial charge is 0.264 e. The maximum Gasteiger partial charge on any atom is 0.264 e. The van der Waals surface area contributed by atoms with E-state index in [0.717, 1.165) is 15.4 Å². The van der Waals surface area contributed by atoms with Crippen molar-refractivity contribution in [2.75, 3.05) is 24.5 Å². The minimum atomic E-state index is -4.17. The summed E-state index contributed by atoms with van der Waals surface area (Å²) in [5.41, 5.74) is 2.56. The predicted octanol–water partition coefficient (Wildman–Crippen LogP) is 5.74. The highest BCUT2D eigenvalue weighted by atomic mass is 35.5. The van der Waals surface area contributed by atoms with Gasteiger partial charge < -0.3 is 15.0 Å². The fourth-order valence-corrected chi connectivity index (χ4v) is 6.26. The summed E-state index contributed by atoms with van der Waals surface area (Å²) in [4.78, 5) is 29.1. The molecule has 1 N–H and O–H groups in total. The van der Waals surface area contributed by atoms with Crippen molar-refractivity contribution in [3.8, 4) is 5.75 Å². The SMILES string of the molecule is CCC(C(=O)NCC(C)C)N(Cc1cccc(OC)c1)C(=O)CN(c1ccc(Cl)cc1C)S(=O)(=O)c1ccc(C)cc1. The topological polar surface area (TPSA) is 96.0 Å². The predicted molar refractivity (Wildman–Crippen MR) is 167 cm³/mol. The molecule has 3 aromatic rings. The number of amides is 2. The molecule has 10 heteroatoms. The van der Waals surface area contributed by atoms with E-state index in [1.165, 1.54) is 17.0 Å². The van der Waals surface area contributed by atoms with Crippen molar-refractivity contribution in [1.29, 1.82) is 0 Å². The number of nitrogens with one attached hydrogen (secondary N) is 1. The van der Waals surface area contributed by atoms with E-state index in [-0.39, 0.29) is 23.3 Å². The van der Waals surface area contributed by atoms with Crippen LogP contribution in [0.5, 0.6) is 5.75 Å². The van der Waals surface area contributed by atoms with Crippen molar-refractivity contribution < 1.29 is 22.7 Å². The van der Waals surface area contributed by atoms with Crippen LogP contribution in [0.25, 0.3) is 0 Å². The van der Waals surface area contributed by atoms with Gasteiger partial charge in [0.1, 0.15) is 18.3 Å². The summed E-state index contributed by atoms with van der Waals surface area (Å²) >= 11 is 6.19. The van der Waals surface area contributed by atoms with Gasteiger partial charge in [0.15, 0.2) is 0 Å². The summed E-state index contributed by atoms with van der Waals surface area (Å²) in [6.07, 6.45) is 0.338. The molecule has 2 amide bonds. The molecule has 42 heavy (non-hydrogen) atoms. The van der Waals surface area contributed by atoms with Crippen molar-refractivity contribution in [2.24, 2.45) is 5.92 Å². The molecule has 0 saturated heterocycles. The van der Waals surface area contributed by atoms with Crippen LogP contribution in [0.1, 0.15) is 43.9 Å². The number of halogens is 1. The van der Waals surface area contributed by atoms with E-state index in [9.17, 15) is 18.0 Å². The van der Waals surface area contributed by atoms with Gasteiger partial charge in [0.2, 0.25) is 11.8 Å². The normalized spacial score (nSPS) is 12.1. The van der Waals surface area contributed by atoms with Gasteiger partial charge in [-0.1, -0.05) is 62.2 Å². The van der Waals surface area contributed by atoms with Crippen LogP contribution in [0.15, 0.2) is 71.6 Å². The maximum absolute atomic E-state index is 14.2. The lowest BCUT2D eigenvalue weighted by Crippen LogP contribution is -2.52. The molecule has 1 atom stereocenters. The average molecular weight is 614 g/mol. The quantitative estimate of drug-likeness (QED) is 0.265. The lowest BCUT2D eigenvalue weighted by Gasteiger charge is -2.33. The zero-order valence-electron chi connectivity index (χ0n) is 25.1. The van der Waals surface area contributed by atoms with Crippen molar-refractivity contribution in [2.45, 2.75) is 58.5 Å². The second kappa shape index (κ2) is 14.6. The van der Waals surface area contributed by atoms with E-state index < -0.39 is 28.5 Å². The third-order valence-corrected chi connectivity index (χ3v) is 8.88. The van der Waals surface area contributed by atoms with Gasteiger partial charge in [0.05, 0.1) is 17.7 Å². The number of sulfonamides is 1. The Hall–Kier alpha value is -3.56. The molecule has 0 aromatic heterocycles. The Balaban J connectivity index is 2.09. The number of hydrogen-bond donors (Lipinski definition) is 1. The molecule has 0 aliphatic heterocycles. The zero-order chi connectivity index (χ0) is 31.0. The number of rotatable bonds is 13. The molecule has 3 rings (SSSR count). The highest BCUT2D eigenvalue weighted by molar-refractivity contribution is 7.92. The Kier molecular flexibility index (Phi) is 11.4. The van der Waals surface area contributed by atoms with Crippen LogP contribution in [0.2, 0.25) is 5.02 Å². The molecular formula is C32H40ClN3O5S. The fraction of sp³-hybridized carbons (Fsp3) is 0.375. The van der Waals surface area contributed by atoms with Crippen LogP contribution in [0.4, 0.5) is 5.69 Å². The molecule has 8 nitrogen and oxygen atoms in total. The molecule has 3 aromatic carbocycles. The van der Waals surface area contributed by atoms with Crippen LogP contribution in [-0.2, 0) is 26.2 Å². The summed E-state index contributed by atoms with van der Waals surface area (Å²) in [5, 5.41) is 3.38. The number of hydrogen-bond acceptors (Lipinski definition) is 5. The summed E-state index contributed by atoms with van der Waals surface area (Å²) in [7, 11) is -2.62. The Morgan fingerprint density at radius 1 is 1.00 bits per heavy atom. The number of carbonyl (C=O) groups excluding carboxylic acids is 2. The minimum Gasteiger partial charge on any atom is -0.497 e. The Labute approximate surface area is 254 Å². The van der Waals surface area contributed by atoms with Gasteiger partial charge in [-0.25, -0.2) is 8.42 Å². The molecule has 0 fully saturated rings. The highest BCUT2D eigenvalue weighted by Crippen LogP contribution is 2.30. The van der Waals surface area contributed by atoms with Gasteiger partial charge in [-0.15, -0.1) is 0 Å². The number of aryl methyl sites for hydroxylation is 2. The summed E-state index contributed by atoms with van der Waals surface area (Å²) < 4.78 is 34.6. The number of methoxy groups -OCH3 is 1. The van der Waals surface area contributed by atoms with E-state index in [0.29, 0.717) is 35.0 Å². The number of ether oxygens (including phenoxy) is 1. The monoisotopic (exact) mass is 613 g/mol. The Bertz CT molecular complexity index is 1490. The number of benzene rings is 3. The van der Waals surface area contributed by atoms with Gasteiger partial charge in [-0.2, -0.15) is 0 Å². The molecule has 0 aliphatic carbocycles. The molecule has 226 valence electrons. The van der Waals surface area contributed by atoms with Crippen molar-refractivity contribution in [3.63, 3.8) is 0 Å². The van der Waals surface area contributed by atoms with Crippen LogP contribution in [0.3, 0.4) is 0 Å². The second-order valence-electron chi connectivity index (χ2n) is 10.7. The van der Waals surface area contributed by atoms with E-state index in [4.69, 9.17) is 16.3 Å². The third-order valence-electron chi connectivity index (χ3n) is 6.87. The minimum absolute atomic E-state index is 0.0521. The first-order valence-corrected chi connectivity index (χ1v) is 15.7. The summed E-state index contributed by atoms with van der Waals surface area (Å²) in [6.45, 7) is 9.44. The van der Waals surface area contributed by atoms with E-state index in [1.807, 2.05) is 39.8 Å². The van der Waals surface area contributed by atoms with Crippen molar-refractivity contribution in [1.82, 2.24) is 10.2 Å². The van der Waals surface area contributed by atoms with Crippen molar-refractivity contribution in [3.05, 3.63) is 88.4 Å². The largest absolute Gasteiger partial charge is 0.497 e. The number of anilines is 1. The van der Waals surface area contributed by atoms with Gasteiger partial charge >= 0.3 is 0 Å². The molecular weight excluding hydrogens is 574 g/mol. The Morgan fingerprint density at radius 2 is 1.69 bits per heavy atom. The van der Waals surface area contributed by atoms with E-state index in [1.54, 1.807) is 56.5 Å². The lowest BCUT2D eigenvalue weighted by molar-refractivity contribution is -0.140. The fourth-order valence-electron chi connectivity index (χ4n) is 4.56. The molecule has 0 bridgehead atoms. The first-order valence-electron chi connectivity index (χ1n) is 13.9. The van der Waals surface area contributed by atoms with Gasteiger partial charge in [-0.3, -0.25) is 13.9 Å². The van der Waals surface area contributed by atoms with Gasteiger partial charge in [-0.05, 0) is 79.8 Å². The zero-order valence-corrected chi connectivity index (χ0v) is 26.6. The first kappa shape index (κ1) is 32.9. The molecule has 0 saturated carbocycles. The first-order chi connectivity index (χ1) is 19.9. The van der Waals surface area contributed by atoms with Gasteiger partial charge in [0.25, 0.3) is 10.0 Å². The summed E-state index contributed by atoms with van der Waals surface area (Å²) in [5.74, 6) is 0.0158. The standard InChI is InChI=1S/C32H40ClN3O5S/c1-7-29(32(38)34-19-22(2)3)35(20-25-9-8-10-27(18-25)41-6)31(37)21-36(30-16-13-26(33)17-24(30)5)42(39,40)28-14-11-23(4)12-15-28/h8-18,22,29H,7,19-21H2,1-6H3,(H,34,38). The Morgan fingerprint density at radius 3 is 2.29 bits per heavy atom. The summed E-state index contributed by atoms with van der Waals surface area (Å²) in [6, 6.07) is 17.7. The van der Waals surface area contributed by atoms with Crippen LogP contribution >= 0.6 is 11.6 Å². The third kappa shape index (κ3) is 8.26. The average Bonchev–Trinajstić information content (AvgIpc) is 2.95. The highest BCUT2D eigenvalue weighted by Gasteiger charge is 2.34. The number of carbonyl (C=O) groups is 2. The van der Waals surface area contributed by atoms with E-state index in [2.05, 4.69) is 5.32 Å². The molecule has 0 spiro atoms. The van der Waals surface area contributed by atoms with Crippen molar-refractivity contribution >= 4 is 39.1 Å². The van der Waals surface area contributed by atoms with Crippen LogP contribution in [-0.4, -0.2) is 51.4 Å². The number of nitrogens with zero attached hydrogens (tertiary/aromatic N) is 2. The molecule has 0 heterocycles. The maximum atomic E-state index is 14.2. The van der Waals surface area contributed by atoms with Crippen LogP contribution in [0, 0.1) is 19.8 Å². The van der Waals surface area contributed by atoms with E-state index >= 15 is 0 Å². The van der Waals surface area contributed by atoms with Crippen LogP contribution < -0.4 is 14.4 Å². The molecule has 0 radical (unpaired) electrons. The van der Waals surface area contributed by atoms with Gasteiger partial charge in [0, 0.05) is 18.1 Å². The molecule has 0 aliphatic rings.